The first kappa shape index (κ1) is 15.0. The molecule has 0 radical (unpaired) electrons. The molecule has 1 aromatic carbocycles. The quantitative estimate of drug-likeness (QED) is 0.873. The third-order valence-corrected chi connectivity index (χ3v) is 3.65. The molecule has 1 aromatic rings. The Balaban J connectivity index is 2.26. The van der Waals surface area contributed by atoms with Crippen LogP contribution in [0.1, 0.15) is 40.0 Å². The number of carbonyl (C=O) groups excluding carboxylic acids is 2. The molecule has 6 heteroatoms. The van der Waals surface area contributed by atoms with Gasteiger partial charge >= 0.3 is 5.97 Å². The predicted octanol–water partition coefficient (Wildman–Crippen LogP) is 1.13. The van der Waals surface area contributed by atoms with Crippen molar-refractivity contribution in [3.63, 3.8) is 0 Å². The minimum absolute atomic E-state index is 0.280. The minimum atomic E-state index is -0.981. The smallest absolute Gasteiger partial charge is 0.326 e. The van der Waals surface area contributed by atoms with E-state index in [9.17, 15) is 19.5 Å². The van der Waals surface area contributed by atoms with E-state index in [4.69, 9.17) is 0 Å². The molecule has 2 rings (SSSR count). The molecule has 0 saturated carbocycles. The Bertz CT molecular complexity index is 571. The first-order valence-electron chi connectivity index (χ1n) is 6.90. The SMILES string of the molecule is CNC(=O)c1cccc(C(=O)N2CCCC[C@@H]2C(=O)O)c1. The van der Waals surface area contributed by atoms with E-state index < -0.39 is 12.0 Å². The molecule has 1 atom stereocenters. The molecule has 2 amide bonds. The Labute approximate surface area is 122 Å². The number of carboxylic acid groups (broad SMARTS) is 1. The van der Waals surface area contributed by atoms with E-state index in [-0.39, 0.29) is 11.8 Å². The Morgan fingerprint density at radius 2 is 1.95 bits per heavy atom. The van der Waals surface area contributed by atoms with Crippen LogP contribution in [0.15, 0.2) is 24.3 Å². The molecule has 2 N–H and O–H groups in total. The standard InChI is InChI=1S/C15H18N2O4/c1-16-13(18)10-5-4-6-11(9-10)14(19)17-8-3-2-7-12(17)15(20)21/h4-6,9,12H,2-3,7-8H2,1H3,(H,16,18)(H,20,21)/t12-/m1/s1. The van der Waals surface area contributed by atoms with Crippen molar-refractivity contribution in [1.29, 1.82) is 0 Å². The van der Waals surface area contributed by atoms with Gasteiger partial charge in [0.2, 0.25) is 0 Å². The molecule has 0 aliphatic carbocycles. The fourth-order valence-electron chi connectivity index (χ4n) is 2.54. The summed E-state index contributed by atoms with van der Waals surface area (Å²) in [5.74, 6) is -1.60. The lowest BCUT2D eigenvalue weighted by Gasteiger charge is -2.33. The summed E-state index contributed by atoms with van der Waals surface area (Å²) in [6.45, 7) is 0.431. The number of amides is 2. The summed E-state index contributed by atoms with van der Waals surface area (Å²) in [5, 5.41) is 11.7. The molecule has 0 aromatic heterocycles. The molecule has 1 heterocycles. The number of carbonyl (C=O) groups is 3. The van der Waals surface area contributed by atoms with Crippen LogP contribution >= 0.6 is 0 Å². The van der Waals surface area contributed by atoms with Gasteiger partial charge in [0.05, 0.1) is 0 Å². The van der Waals surface area contributed by atoms with Gasteiger partial charge in [0.15, 0.2) is 0 Å². The molecule has 1 saturated heterocycles. The van der Waals surface area contributed by atoms with E-state index in [0.717, 1.165) is 12.8 Å². The lowest BCUT2D eigenvalue weighted by Crippen LogP contribution is -2.48. The molecule has 1 aliphatic rings. The third-order valence-electron chi connectivity index (χ3n) is 3.65. The summed E-state index contributed by atoms with van der Waals surface area (Å²) < 4.78 is 0. The highest BCUT2D eigenvalue weighted by atomic mass is 16.4. The molecule has 0 spiro atoms. The van der Waals surface area contributed by atoms with Crippen LogP contribution in [0.25, 0.3) is 0 Å². The lowest BCUT2D eigenvalue weighted by molar-refractivity contribution is -0.143. The molecule has 112 valence electrons. The van der Waals surface area contributed by atoms with Crippen LogP contribution in [0.4, 0.5) is 0 Å². The van der Waals surface area contributed by atoms with E-state index in [1.165, 1.54) is 18.0 Å². The maximum atomic E-state index is 12.5. The van der Waals surface area contributed by atoms with Gasteiger partial charge in [-0.25, -0.2) is 4.79 Å². The largest absolute Gasteiger partial charge is 0.480 e. The van der Waals surface area contributed by atoms with Gasteiger partial charge in [-0.05, 0) is 37.5 Å². The normalized spacial score (nSPS) is 18.1. The molecular formula is C15H18N2O4. The van der Waals surface area contributed by atoms with Crippen LogP contribution in [-0.4, -0.2) is 47.4 Å². The topological polar surface area (TPSA) is 86.7 Å². The molecule has 6 nitrogen and oxygen atoms in total. The van der Waals surface area contributed by atoms with Crippen LogP contribution < -0.4 is 5.32 Å². The second kappa shape index (κ2) is 6.39. The van der Waals surface area contributed by atoms with Gasteiger partial charge in [0, 0.05) is 24.7 Å². The number of carboxylic acids is 1. The van der Waals surface area contributed by atoms with Gasteiger partial charge in [-0.3, -0.25) is 9.59 Å². The molecular weight excluding hydrogens is 272 g/mol. The van der Waals surface area contributed by atoms with Crippen molar-refractivity contribution in [2.24, 2.45) is 0 Å². The Hall–Kier alpha value is -2.37. The number of likely N-dealkylation sites (tertiary alicyclic amines) is 1. The molecule has 0 unspecified atom stereocenters. The van der Waals surface area contributed by atoms with E-state index in [2.05, 4.69) is 5.32 Å². The van der Waals surface area contributed by atoms with Gasteiger partial charge in [-0.1, -0.05) is 6.07 Å². The second-order valence-electron chi connectivity index (χ2n) is 5.01. The molecule has 1 fully saturated rings. The van der Waals surface area contributed by atoms with Crippen molar-refractivity contribution >= 4 is 17.8 Å². The summed E-state index contributed by atoms with van der Waals surface area (Å²) in [6, 6.07) is 5.55. The van der Waals surface area contributed by atoms with Crippen molar-refractivity contribution in [2.75, 3.05) is 13.6 Å². The monoisotopic (exact) mass is 290 g/mol. The zero-order valence-corrected chi connectivity index (χ0v) is 11.8. The van der Waals surface area contributed by atoms with Gasteiger partial charge in [0.25, 0.3) is 11.8 Å². The highest BCUT2D eigenvalue weighted by molar-refractivity contribution is 6.00. The third kappa shape index (κ3) is 3.21. The number of benzene rings is 1. The number of piperidine rings is 1. The van der Waals surface area contributed by atoms with Crippen molar-refractivity contribution in [2.45, 2.75) is 25.3 Å². The maximum absolute atomic E-state index is 12.5. The summed E-state index contributed by atoms with van der Waals surface area (Å²) >= 11 is 0. The minimum Gasteiger partial charge on any atom is -0.480 e. The van der Waals surface area contributed by atoms with Crippen LogP contribution in [0.3, 0.4) is 0 Å². The van der Waals surface area contributed by atoms with Gasteiger partial charge in [-0.2, -0.15) is 0 Å². The highest BCUT2D eigenvalue weighted by Crippen LogP contribution is 2.20. The summed E-state index contributed by atoms with van der Waals surface area (Å²) in [7, 11) is 1.52. The summed E-state index contributed by atoms with van der Waals surface area (Å²) in [5.41, 5.74) is 0.719. The number of nitrogens with one attached hydrogen (secondary N) is 1. The Kier molecular flexibility index (Phi) is 4.57. The van der Waals surface area contributed by atoms with E-state index in [1.807, 2.05) is 0 Å². The van der Waals surface area contributed by atoms with Gasteiger partial charge < -0.3 is 15.3 Å². The van der Waals surface area contributed by atoms with Crippen LogP contribution in [-0.2, 0) is 4.79 Å². The van der Waals surface area contributed by atoms with Crippen molar-refractivity contribution in [1.82, 2.24) is 10.2 Å². The van der Waals surface area contributed by atoms with Gasteiger partial charge in [0.1, 0.15) is 6.04 Å². The summed E-state index contributed by atoms with van der Waals surface area (Å²) in [6.07, 6.45) is 2.07. The van der Waals surface area contributed by atoms with E-state index in [1.54, 1.807) is 18.2 Å². The van der Waals surface area contributed by atoms with E-state index in [0.29, 0.717) is 24.1 Å². The highest BCUT2D eigenvalue weighted by Gasteiger charge is 2.32. The van der Waals surface area contributed by atoms with Crippen LogP contribution in [0.2, 0.25) is 0 Å². The number of aliphatic carboxylic acids is 1. The fraction of sp³-hybridized carbons (Fsp3) is 0.400. The zero-order chi connectivity index (χ0) is 15.4. The predicted molar refractivity (Wildman–Crippen MR) is 76.1 cm³/mol. The first-order chi connectivity index (χ1) is 10.0. The van der Waals surface area contributed by atoms with Crippen molar-refractivity contribution < 1.29 is 19.5 Å². The number of rotatable bonds is 3. The average molecular weight is 290 g/mol. The van der Waals surface area contributed by atoms with E-state index >= 15 is 0 Å². The fourth-order valence-corrected chi connectivity index (χ4v) is 2.54. The molecule has 0 bridgehead atoms. The van der Waals surface area contributed by atoms with Gasteiger partial charge in [-0.15, -0.1) is 0 Å². The van der Waals surface area contributed by atoms with Crippen molar-refractivity contribution in [3.05, 3.63) is 35.4 Å². The Morgan fingerprint density at radius 1 is 1.24 bits per heavy atom. The average Bonchev–Trinajstić information content (AvgIpc) is 2.53. The number of hydrogen-bond donors (Lipinski definition) is 2. The summed E-state index contributed by atoms with van der Waals surface area (Å²) in [4.78, 5) is 36.8. The Morgan fingerprint density at radius 3 is 2.62 bits per heavy atom. The molecule has 1 aliphatic heterocycles. The van der Waals surface area contributed by atoms with Crippen LogP contribution in [0.5, 0.6) is 0 Å². The molecule has 21 heavy (non-hydrogen) atoms. The first-order valence-corrected chi connectivity index (χ1v) is 6.90. The maximum Gasteiger partial charge on any atom is 0.326 e. The second-order valence-corrected chi connectivity index (χ2v) is 5.01. The van der Waals surface area contributed by atoms with Crippen LogP contribution in [0, 0.1) is 0 Å². The number of hydrogen-bond acceptors (Lipinski definition) is 3. The zero-order valence-electron chi connectivity index (χ0n) is 11.8. The lowest BCUT2D eigenvalue weighted by atomic mass is 10.0. The number of nitrogens with zero attached hydrogens (tertiary/aromatic N) is 1. The van der Waals surface area contributed by atoms with Crippen molar-refractivity contribution in [3.8, 4) is 0 Å².